The second-order valence-electron chi connectivity index (χ2n) is 8.09. The molecule has 0 aromatic heterocycles. The molecule has 2 aliphatic rings. The quantitative estimate of drug-likeness (QED) is 0.789. The van der Waals surface area contributed by atoms with Crippen LogP contribution in [0.15, 0.2) is 54.6 Å². The van der Waals surface area contributed by atoms with Crippen LogP contribution in [0.2, 0.25) is 0 Å². The number of hydrogen-bond acceptors (Lipinski definition) is 2. The Morgan fingerprint density at radius 1 is 0.897 bits per heavy atom. The van der Waals surface area contributed by atoms with Gasteiger partial charge in [0.05, 0.1) is 0 Å². The Morgan fingerprint density at radius 3 is 2.28 bits per heavy atom. The highest BCUT2D eigenvalue weighted by Gasteiger charge is 2.35. The Labute approximate surface area is 171 Å². The number of likely N-dealkylation sites (tertiary alicyclic amines) is 2. The van der Waals surface area contributed by atoms with Crippen molar-refractivity contribution in [2.75, 3.05) is 19.6 Å². The highest BCUT2D eigenvalue weighted by molar-refractivity contribution is 5.94. The van der Waals surface area contributed by atoms with Crippen LogP contribution < -0.4 is 0 Å². The maximum atomic E-state index is 13.2. The minimum Gasteiger partial charge on any atom is -0.339 e. The van der Waals surface area contributed by atoms with E-state index in [0.717, 1.165) is 44.2 Å². The van der Waals surface area contributed by atoms with Gasteiger partial charge in [-0.1, -0.05) is 30.3 Å². The molecule has 0 radical (unpaired) electrons. The zero-order valence-electron chi connectivity index (χ0n) is 16.6. The lowest BCUT2D eigenvalue weighted by Crippen LogP contribution is -2.46. The second kappa shape index (κ2) is 8.76. The second-order valence-corrected chi connectivity index (χ2v) is 8.09. The van der Waals surface area contributed by atoms with E-state index in [-0.39, 0.29) is 29.6 Å². The molecule has 152 valence electrons. The lowest BCUT2D eigenvalue weighted by Gasteiger charge is -2.35. The van der Waals surface area contributed by atoms with Gasteiger partial charge in [0.2, 0.25) is 5.91 Å². The molecular weight excluding hydrogens is 367 g/mol. The summed E-state index contributed by atoms with van der Waals surface area (Å²) >= 11 is 0. The van der Waals surface area contributed by atoms with Crippen LogP contribution in [0.25, 0.3) is 0 Å². The van der Waals surface area contributed by atoms with E-state index >= 15 is 0 Å². The summed E-state index contributed by atoms with van der Waals surface area (Å²) in [5, 5.41) is 0. The van der Waals surface area contributed by atoms with Crippen LogP contribution in [0.3, 0.4) is 0 Å². The first-order valence-electron chi connectivity index (χ1n) is 10.5. The lowest BCUT2D eigenvalue weighted by atomic mass is 9.94. The third-order valence-corrected chi connectivity index (χ3v) is 6.20. The van der Waals surface area contributed by atoms with E-state index in [2.05, 4.69) is 0 Å². The van der Waals surface area contributed by atoms with Gasteiger partial charge in [0, 0.05) is 37.2 Å². The average molecular weight is 394 g/mol. The van der Waals surface area contributed by atoms with Crippen LogP contribution in [-0.4, -0.2) is 47.3 Å². The van der Waals surface area contributed by atoms with Crippen molar-refractivity contribution >= 4 is 11.8 Å². The molecule has 2 heterocycles. The summed E-state index contributed by atoms with van der Waals surface area (Å²) in [7, 11) is 0. The molecule has 1 atom stereocenters. The Kier molecular flexibility index (Phi) is 5.93. The molecule has 2 aromatic rings. The molecule has 2 aliphatic heterocycles. The molecule has 4 rings (SSSR count). The normalized spacial score (nSPS) is 20.1. The molecular formula is C24H27FN2O2. The molecule has 1 unspecified atom stereocenters. The molecule has 4 nitrogen and oxygen atoms in total. The van der Waals surface area contributed by atoms with Crippen LogP contribution in [0.5, 0.6) is 0 Å². The Balaban J connectivity index is 1.34. The van der Waals surface area contributed by atoms with Crippen molar-refractivity contribution in [2.24, 2.45) is 5.92 Å². The van der Waals surface area contributed by atoms with E-state index in [9.17, 15) is 14.0 Å². The van der Waals surface area contributed by atoms with Crippen molar-refractivity contribution < 1.29 is 14.0 Å². The van der Waals surface area contributed by atoms with Crippen LogP contribution in [0.1, 0.15) is 41.6 Å². The van der Waals surface area contributed by atoms with Gasteiger partial charge in [-0.05, 0) is 61.9 Å². The summed E-state index contributed by atoms with van der Waals surface area (Å²) in [6.07, 6.45) is 4.23. The lowest BCUT2D eigenvalue weighted by molar-refractivity contribution is -0.137. The molecule has 0 N–H and O–H groups in total. The highest BCUT2D eigenvalue weighted by Crippen LogP contribution is 2.27. The van der Waals surface area contributed by atoms with E-state index in [4.69, 9.17) is 0 Å². The van der Waals surface area contributed by atoms with E-state index in [1.807, 2.05) is 52.3 Å². The number of amides is 2. The Hall–Kier alpha value is -2.69. The van der Waals surface area contributed by atoms with E-state index < -0.39 is 0 Å². The SMILES string of the molecule is O=C(c1ccccc1)N1CCC(C(=O)N2CCCC2Cc2ccc(F)cc2)CC1. The minimum absolute atomic E-state index is 0.0105. The third kappa shape index (κ3) is 4.50. The number of carbonyl (C=O) groups excluding carboxylic acids is 2. The molecule has 2 fully saturated rings. The van der Waals surface area contributed by atoms with Gasteiger partial charge in [0.1, 0.15) is 5.82 Å². The van der Waals surface area contributed by atoms with E-state index in [0.29, 0.717) is 18.7 Å². The van der Waals surface area contributed by atoms with Crippen LogP contribution >= 0.6 is 0 Å². The van der Waals surface area contributed by atoms with Gasteiger partial charge in [-0.15, -0.1) is 0 Å². The zero-order valence-corrected chi connectivity index (χ0v) is 16.6. The number of hydrogen-bond donors (Lipinski definition) is 0. The fourth-order valence-electron chi connectivity index (χ4n) is 4.56. The summed E-state index contributed by atoms with van der Waals surface area (Å²) in [6, 6.07) is 16.1. The molecule has 2 amide bonds. The predicted octanol–water partition coefficient (Wildman–Crippen LogP) is 3.91. The topological polar surface area (TPSA) is 40.6 Å². The number of nitrogens with zero attached hydrogens (tertiary/aromatic N) is 2. The van der Waals surface area contributed by atoms with Crippen molar-refractivity contribution in [3.8, 4) is 0 Å². The van der Waals surface area contributed by atoms with Crippen molar-refractivity contribution in [1.29, 1.82) is 0 Å². The van der Waals surface area contributed by atoms with Crippen molar-refractivity contribution in [3.63, 3.8) is 0 Å². The predicted molar refractivity (Wildman–Crippen MR) is 110 cm³/mol. The fourth-order valence-corrected chi connectivity index (χ4v) is 4.56. The maximum absolute atomic E-state index is 13.2. The molecule has 0 saturated carbocycles. The third-order valence-electron chi connectivity index (χ3n) is 6.20. The van der Waals surface area contributed by atoms with Gasteiger partial charge in [0.15, 0.2) is 0 Å². The first-order valence-corrected chi connectivity index (χ1v) is 10.5. The van der Waals surface area contributed by atoms with E-state index in [1.54, 1.807) is 0 Å². The minimum atomic E-state index is -0.232. The van der Waals surface area contributed by atoms with Crippen LogP contribution in [0, 0.1) is 11.7 Å². The smallest absolute Gasteiger partial charge is 0.253 e. The number of halogens is 1. The molecule has 0 bridgehead atoms. The number of benzene rings is 2. The van der Waals surface area contributed by atoms with Crippen molar-refractivity contribution in [2.45, 2.75) is 38.1 Å². The first kappa shape index (κ1) is 19.6. The zero-order chi connectivity index (χ0) is 20.2. The van der Waals surface area contributed by atoms with Gasteiger partial charge >= 0.3 is 0 Å². The highest BCUT2D eigenvalue weighted by atomic mass is 19.1. The number of rotatable bonds is 4. The summed E-state index contributed by atoms with van der Waals surface area (Å²) < 4.78 is 13.2. The van der Waals surface area contributed by atoms with Gasteiger partial charge < -0.3 is 9.80 Å². The molecule has 5 heteroatoms. The molecule has 29 heavy (non-hydrogen) atoms. The summed E-state index contributed by atoms with van der Waals surface area (Å²) in [6.45, 7) is 2.05. The summed E-state index contributed by atoms with van der Waals surface area (Å²) in [4.78, 5) is 29.7. The maximum Gasteiger partial charge on any atom is 0.253 e. The van der Waals surface area contributed by atoms with Crippen molar-refractivity contribution in [3.05, 3.63) is 71.5 Å². The summed E-state index contributed by atoms with van der Waals surface area (Å²) in [5.74, 6) is 0.0295. The van der Waals surface area contributed by atoms with E-state index in [1.165, 1.54) is 12.1 Å². The monoisotopic (exact) mass is 394 g/mol. The van der Waals surface area contributed by atoms with Gasteiger partial charge in [-0.2, -0.15) is 0 Å². The largest absolute Gasteiger partial charge is 0.339 e. The number of piperidine rings is 1. The molecule has 2 saturated heterocycles. The first-order chi connectivity index (χ1) is 14.1. The van der Waals surface area contributed by atoms with Crippen LogP contribution in [0.4, 0.5) is 4.39 Å². The van der Waals surface area contributed by atoms with Gasteiger partial charge in [-0.3, -0.25) is 9.59 Å². The number of carbonyl (C=O) groups is 2. The van der Waals surface area contributed by atoms with Gasteiger partial charge in [0.25, 0.3) is 5.91 Å². The molecule has 2 aromatic carbocycles. The van der Waals surface area contributed by atoms with Crippen molar-refractivity contribution in [1.82, 2.24) is 9.80 Å². The van der Waals surface area contributed by atoms with Crippen LogP contribution in [-0.2, 0) is 11.2 Å². The fraction of sp³-hybridized carbons (Fsp3) is 0.417. The molecule has 0 aliphatic carbocycles. The standard InChI is InChI=1S/C24H27FN2O2/c25-21-10-8-18(9-11-21)17-22-7-4-14-27(22)24(29)20-12-15-26(16-13-20)23(28)19-5-2-1-3-6-19/h1-3,5-6,8-11,20,22H,4,7,12-17H2. The average Bonchev–Trinajstić information content (AvgIpc) is 3.23. The molecule has 0 spiro atoms. The van der Waals surface area contributed by atoms with Gasteiger partial charge in [-0.25, -0.2) is 4.39 Å². The Morgan fingerprint density at radius 2 is 1.59 bits per heavy atom. The summed E-state index contributed by atoms with van der Waals surface area (Å²) in [5.41, 5.74) is 1.77. The Bertz CT molecular complexity index is 845.